The molecule has 0 radical (unpaired) electrons. The molecule has 1 aromatic carbocycles. The number of amides is 2. The molecule has 2 saturated heterocycles. The minimum absolute atomic E-state index is 0.114. The van der Waals surface area contributed by atoms with Gasteiger partial charge in [-0.3, -0.25) is 9.59 Å². The summed E-state index contributed by atoms with van der Waals surface area (Å²) in [5.41, 5.74) is 2.44. The highest BCUT2D eigenvalue weighted by atomic mass is 16.2. The number of hydrogen-bond acceptors (Lipinski definition) is 2. The van der Waals surface area contributed by atoms with Gasteiger partial charge in [-0.25, -0.2) is 0 Å². The van der Waals surface area contributed by atoms with Crippen LogP contribution in [-0.4, -0.2) is 52.8 Å². The molecule has 0 bridgehead atoms. The third-order valence-corrected chi connectivity index (χ3v) is 6.63. The van der Waals surface area contributed by atoms with Crippen molar-refractivity contribution in [3.8, 4) is 0 Å². The Morgan fingerprint density at radius 3 is 2.41 bits per heavy atom. The Morgan fingerprint density at radius 2 is 1.66 bits per heavy atom. The van der Waals surface area contributed by atoms with Crippen molar-refractivity contribution >= 4 is 22.7 Å². The van der Waals surface area contributed by atoms with Crippen molar-refractivity contribution in [1.29, 1.82) is 0 Å². The Hall–Kier alpha value is -2.30. The van der Waals surface area contributed by atoms with Gasteiger partial charge < -0.3 is 14.8 Å². The molecule has 0 saturated carbocycles. The lowest BCUT2D eigenvalue weighted by atomic mass is 9.94. The predicted octanol–water partition coefficient (Wildman–Crippen LogP) is 4.13. The van der Waals surface area contributed by atoms with Crippen LogP contribution in [0.1, 0.15) is 56.9 Å². The number of nitrogens with zero attached hydrogens (tertiary/aromatic N) is 2. The molecule has 5 nitrogen and oxygen atoms in total. The number of benzene rings is 1. The average molecular weight is 396 g/mol. The number of rotatable bonds is 5. The zero-order chi connectivity index (χ0) is 20.1. The highest BCUT2D eigenvalue weighted by Crippen LogP contribution is 2.23. The summed E-state index contributed by atoms with van der Waals surface area (Å²) in [5.74, 6) is 0.687. The van der Waals surface area contributed by atoms with Gasteiger partial charge in [-0.15, -0.1) is 0 Å². The maximum absolute atomic E-state index is 12.8. The van der Waals surface area contributed by atoms with Crippen molar-refractivity contribution in [3.05, 3.63) is 36.0 Å². The van der Waals surface area contributed by atoms with Crippen molar-refractivity contribution < 1.29 is 9.59 Å². The largest absolute Gasteiger partial charge is 0.361 e. The summed E-state index contributed by atoms with van der Waals surface area (Å²) >= 11 is 0. The summed E-state index contributed by atoms with van der Waals surface area (Å²) in [6, 6.07) is 8.31. The fourth-order valence-electron chi connectivity index (χ4n) is 4.85. The van der Waals surface area contributed by atoms with E-state index in [1.807, 2.05) is 11.0 Å². The Bertz CT molecular complexity index is 828. The standard InChI is InChI=1S/C24H33N3O2/c28-23(11-7-8-20-18-25-22-10-4-3-9-21(20)22)26-16-12-19(13-17-26)24(29)27-14-5-1-2-6-15-27/h3-4,9-10,18-19,25H,1-2,5-8,11-17H2. The first kappa shape index (κ1) is 20.0. The molecule has 2 aromatic rings. The summed E-state index contributed by atoms with van der Waals surface area (Å²) in [6.07, 6.45) is 10.9. The highest BCUT2D eigenvalue weighted by Gasteiger charge is 2.30. The van der Waals surface area contributed by atoms with E-state index < -0.39 is 0 Å². The van der Waals surface area contributed by atoms with Crippen LogP contribution < -0.4 is 0 Å². The van der Waals surface area contributed by atoms with Crippen molar-refractivity contribution in [3.63, 3.8) is 0 Å². The summed E-state index contributed by atoms with van der Waals surface area (Å²) in [4.78, 5) is 32.8. The molecule has 0 unspecified atom stereocenters. The van der Waals surface area contributed by atoms with Crippen molar-refractivity contribution in [2.45, 2.75) is 57.8 Å². The van der Waals surface area contributed by atoms with Crippen LogP contribution >= 0.6 is 0 Å². The van der Waals surface area contributed by atoms with Crippen LogP contribution in [0.4, 0.5) is 0 Å². The van der Waals surface area contributed by atoms with Gasteiger partial charge in [0.05, 0.1) is 0 Å². The molecule has 3 heterocycles. The lowest BCUT2D eigenvalue weighted by Gasteiger charge is -2.34. The molecule has 2 fully saturated rings. The number of likely N-dealkylation sites (tertiary alicyclic amines) is 2. The molecule has 156 valence electrons. The fraction of sp³-hybridized carbons (Fsp3) is 0.583. The maximum Gasteiger partial charge on any atom is 0.225 e. The SMILES string of the molecule is O=C(CCCc1c[nH]c2ccccc12)N1CCC(C(=O)N2CCCCCC2)CC1. The molecule has 2 amide bonds. The number of fused-ring (bicyclic) bond motifs is 1. The molecule has 1 N–H and O–H groups in total. The zero-order valence-corrected chi connectivity index (χ0v) is 17.4. The van der Waals surface area contributed by atoms with Crippen LogP contribution in [0.3, 0.4) is 0 Å². The number of aryl methyl sites for hydroxylation is 1. The molecule has 5 heteroatoms. The van der Waals surface area contributed by atoms with Crippen LogP contribution in [0.2, 0.25) is 0 Å². The second-order valence-electron chi connectivity index (χ2n) is 8.61. The second-order valence-corrected chi connectivity index (χ2v) is 8.61. The number of aromatic amines is 1. The van der Waals surface area contributed by atoms with Crippen LogP contribution in [0.25, 0.3) is 10.9 Å². The molecule has 29 heavy (non-hydrogen) atoms. The van der Waals surface area contributed by atoms with Gasteiger partial charge >= 0.3 is 0 Å². The molecule has 2 aliphatic heterocycles. The van der Waals surface area contributed by atoms with Crippen LogP contribution in [0.5, 0.6) is 0 Å². The topological polar surface area (TPSA) is 56.4 Å². The van der Waals surface area contributed by atoms with Crippen LogP contribution in [0, 0.1) is 5.92 Å². The van der Waals surface area contributed by atoms with Crippen LogP contribution in [0.15, 0.2) is 30.5 Å². The van der Waals surface area contributed by atoms with Gasteiger partial charge in [-0.05, 0) is 50.2 Å². The second kappa shape index (κ2) is 9.47. The third-order valence-electron chi connectivity index (χ3n) is 6.63. The Labute approximate surface area is 173 Å². The van der Waals surface area contributed by atoms with E-state index in [1.54, 1.807) is 0 Å². The zero-order valence-electron chi connectivity index (χ0n) is 17.4. The Balaban J connectivity index is 1.21. The number of carbonyl (C=O) groups excluding carboxylic acids is 2. The number of carbonyl (C=O) groups is 2. The molecule has 0 atom stereocenters. The van der Waals surface area contributed by atoms with E-state index >= 15 is 0 Å². The van der Waals surface area contributed by atoms with E-state index in [9.17, 15) is 9.59 Å². The van der Waals surface area contributed by atoms with Gasteiger partial charge in [0.25, 0.3) is 0 Å². The third kappa shape index (κ3) is 4.82. The van der Waals surface area contributed by atoms with Gasteiger partial charge in [-0.1, -0.05) is 31.0 Å². The first-order chi connectivity index (χ1) is 14.2. The smallest absolute Gasteiger partial charge is 0.225 e. The lowest BCUT2D eigenvalue weighted by Crippen LogP contribution is -2.44. The van der Waals surface area contributed by atoms with Gasteiger partial charge in [0.1, 0.15) is 0 Å². The predicted molar refractivity (Wildman–Crippen MR) is 116 cm³/mol. The quantitative estimate of drug-likeness (QED) is 0.827. The van der Waals surface area contributed by atoms with E-state index in [2.05, 4.69) is 34.3 Å². The van der Waals surface area contributed by atoms with E-state index in [1.165, 1.54) is 23.8 Å². The molecule has 2 aliphatic rings. The number of hydrogen-bond donors (Lipinski definition) is 1. The molecular formula is C24H33N3O2. The van der Waals surface area contributed by atoms with Crippen LogP contribution in [-0.2, 0) is 16.0 Å². The van der Waals surface area contributed by atoms with E-state index in [4.69, 9.17) is 0 Å². The number of H-pyrrole nitrogens is 1. The molecule has 4 rings (SSSR count). The minimum Gasteiger partial charge on any atom is -0.361 e. The maximum atomic E-state index is 12.8. The van der Waals surface area contributed by atoms with Gasteiger partial charge in [0.2, 0.25) is 11.8 Å². The van der Waals surface area contributed by atoms with Gasteiger partial charge in [-0.2, -0.15) is 0 Å². The van der Waals surface area contributed by atoms with Gasteiger partial charge in [0, 0.05) is 55.6 Å². The van der Waals surface area contributed by atoms with E-state index in [0.717, 1.165) is 70.2 Å². The number of para-hydroxylation sites is 1. The highest BCUT2D eigenvalue weighted by molar-refractivity contribution is 5.83. The normalized spacial score (nSPS) is 18.8. The first-order valence-corrected chi connectivity index (χ1v) is 11.3. The first-order valence-electron chi connectivity index (χ1n) is 11.3. The number of aromatic nitrogens is 1. The molecular weight excluding hydrogens is 362 g/mol. The van der Waals surface area contributed by atoms with Crippen molar-refractivity contribution in [1.82, 2.24) is 14.8 Å². The molecule has 1 aromatic heterocycles. The Kier molecular flexibility index (Phi) is 6.53. The van der Waals surface area contributed by atoms with E-state index in [-0.39, 0.29) is 11.8 Å². The van der Waals surface area contributed by atoms with Crippen molar-refractivity contribution in [2.75, 3.05) is 26.2 Å². The average Bonchev–Trinajstić information content (AvgIpc) is 2.98. The lowest BCUT2D eigenvalue weighted by molar-refractivity contribution is -0.140. The summed E-state index contributed by atoms with van der Waals surface area (Å²) in [7, 11) is 0. The fourth-order valence-corrected chi connectivity index (χ4v) is 4.85. The molecule has 0 spiro atoms. The van der Waals surface area contributed by atoms with Gasteiger partial charge in [0.15, 0.2) is 0 Å². The summed E-state index contributed by atoms with van der Waals surface area (Å²) in [5, 5.41) is 1.26. The Morgan fingerprint density at radius 1 is 0.931 bits per heavy atom. The summed E-state index contributed by atoms with van der Waals surface area (Å²) in [6.45, 7) is 3.31. The van der Waals surface area contributed by atoms with E-state index in [0.29, 0.717) is 12.3 Å². The minimum atomic E-state index is 0.114. The summed E-state index contributed by atoms with van der Waals surface area (Å²) < 4.78 is 0. The monoisotopic (exact) mass is 395 g/mol. The number of piperidine rings is 1. The molecule has 0 aliphatic carbocycles. The number of nitrogens with one attached hydrogen (secondary N) is 1. The van der Waals surface area contributed by atoms with Crippen molar-refractivity contribution in [2.24, 2.45) is 5.92 Å².